The summed E-state index contributed by atoms with van der Waals surface area (Å²) in [7, 11) is 1.61. The molecule has 3 aromatic carbocycles. The zero-order valence-electron chi connectivity index (χ0n) is 19.1. The summed E-state index contributed by atoms with van der Waals surface area (Å²) in [6.45, 7) is 0.329. The summed E-state index contributed by atoms with van der Waals surface area (Å²) in [6.07, 6.45) is 1.03. The van der Waals surface area contributed by atoms with Crippen molar-refractivity contribution in [1.82, 2.24) is 9.55 Å². The monoisotopic (exact) mass is 485 g/mol. The van der Waals surface area contributed by atoms with Gasteiger partial charge >= 0.3 is 0 Å². The number of amides is 1. The molecule has 176 valence electrons. The number of hydrogen-bond acceptors (Lipinski definition) is 6. The van der Waals surface area contributed by atoms with E-state index in [9.17, 15) is 14.4 Å². The molecule has 1 aliphatic heterocycles. The Labute approximate surface area is 206 Å². The first-order valence-electron chi connectivity index (χ1n) is 11.2. The number of carbonyl (C=O) groups excluding carboxylic acids is 2. The molecule has 0 bridgehead atoms. The first-order valence-corrected chi connectivity index (χ1v) is 12.2. The van der Waals surface area contributed by atoms with Crippen molar-refractivity contribution >= 4 is 40.0 Å². The summed E-state index contributed by atoms with van der Waals surface area (Å²) in [5, 5.41) is 3.86. The van der Waals surface area contributed by atoms with Gasteiger partial charge in [0.2, 0.25) is 5.91 Å². The second-order valence-corrected chi connectivity index (χ2v) is 9.23. The van der Waals surface area contributed by atoms with Crippen molar-refractivity contribution in [2.24, 2.45) is 0 Å². The molecule has 0 aliphatic carbocycles. The second-order valence-electron chi connectivity index (χ2n) is 8.28. The van der Waals surface area contributed by atoms with Gasteiger partial charge in [0.15, 0.2) is 10.9 Å². The third-order valence-corrected chi connectivity index (χ3v) is 6.96. The van der Waals surface area contributed by atoms with E-state index >= 15 is 0 Å². The maximum Gasteiger partial charge on any atom is 0.262 e. The average Bonchev–Trinajstić information content (AvgIpc) is 2.89. The summed E-state index contributed by atoms with van der Waals surface area (Å²) in [5.41, 5.74) is 3.68. The van der Waals surface area contributed by atoms with E-state index in [1.165, 1.54) is 11.8 Å². The van der Waals surface area contributed by atoms with E-state index in [-0.39, 0.29) is 23.0 Å². The highest BCUT2D eigenvalue weighted by Crippen LogP contribution is 2.26. The molecule has 4 aromatic rings. The molecule has 0 saturated heterocycles. The van der Waals surface area contributed by atoms with Gasteiger partial charge in [-0.1, -0.05) is 36.0 Å². The highest BCUT2D eigenvalue weighted by molar-refractivity contribution is 7.99. The van der Waals surface area contributed by atoms with Gasteiger partial charge in [-0.2, -0.15) is 0 Å². The molecule has 5 rings (SSSR count). The predicted molar refractivity (Wildman–Crippen MR) is 137 cm³/mol. The lowest BCUT2D eigenvalue weighted by atomic mass is 9.99. The van der Waals surface area contributed by atoms with Crippen LogP contribution in [-0.4, -0.2) is 34.1 Å². The summed E-state index contributed by atoms with van der Waals surface area (Å²) >= 11 is 1.25. The SMILES string of the molecule is COc1ccc(Cn2c(SCC(=O)c3ccc4c(c3)CCC(=O)N4)nc3ccccc3c2=O)cc1. The van der Waals surface area contributed by atoms with Gasteiger partial charge in [-0.15, -0.1) is 0 Å². The van der Waals surface area contributed by atoms with Crippen molar-refractivity contribution in [3.05, 3.63) is 93.8 Å². The van der Waals surface area contributed by atoms with Crippen LogP contribution in [0.25, 0.3) is 10.9 Å². The number of aryl methyl sites for hydroxylation is 1. The molecule has 0 spiro atoms. The zero-order valence-corrected chi connectivity index (χ0v) is 19.9. The Bertz CT molecular complexity index is 1500. The Hall–Kier alpha value is -3.91. The molecular weight excluding hydrogens is 462 g/mol. The van der Waals surface area contributed by atoms with Crippen LogP contribution in [0, 0.1) is 0 Å². The van der Waals surface area contributed by atoms with Crippen LogP contribution >= 0.6 is 11.8 Å². The minimum Gasteiger partial charge on any atom is -0.497 e. The number of rotatable bonds is 7. The molecule has 35 heavy (non-hydrogen) atoms. The molecule has 7 nitrogen and oxygen atoms in total. The number of thioether (sulfide) groups is 1. The van der Waals surface area contributed by atoms with Gasteiger partial charge in [-0.25, -0.2) is 4.98 Å². The van der Waals surface area contributed by atoms with Gasteiger partial charge in [0.1, 0.15) is 5.75 Å². The Morgan fingerprint density at radius 1 is 1.06 bits per heavy atom. The van der Waals surface area contributed by atoms with Gasteiger partial charge in [0.25, 0.3) is 5.56 Å². The normalized spacial score (nSPS) is 12.8. The summed E-state index contributed by atoms with van der Waals surface area (Å²) < 4.78 is 6.84. The van der Waals surface area contributed by atoms with Gasteiger partial charge in [-0.05, 0) is 60.0 Å². The fraction of sp³-hybridized carbons (Fsp3) is 0.185. The third kappa shape index (κ3) is 4.83. The molecule has 1 N–H and O–H groups in total. The number of nitrogens with one attached hydrogen (secondary N) is 1. The van der Waals surface area contributed by atoms with E-state index in [0.29, 0.717) is 41.0 Å². The van der Waals surface area contributed by atoms with Crippen molar-refractivity contribution in [2.45, 2.75) is 24.5 Å². The number of benzene rings is 3. The molecule has 1 aliphatic rings. The van der Waals surface area contributed by atoms with Crippen LogP contribution in [0.1, 0.15) is 27.9 Å². The zero-order chi connectivity index (χ0) is 24.4. The van der Waals surface area contributed by atoms with E-state index in [1.54, 1.807) is 35.9 Å². The number of hydrogen-bond donors (Lipinski definition) is 1. The number of fused-ring (bicyclic) bond motifs is 2. The second kappa shape index (κ2) is 9.76. The Morgan fingerprint density at radius 2 is 1.86 bits per heavy atom. The van der Waals surface area contributed by atoms with Gasteiger partial charge in [0, 0.05) is 17.7 Å². The molecule has 1 amide bonds. The van der Waals surface area contributed by atoms with Crippen molar-refractivity contribution in [3.63, 3.8) is 0 Å². The first-order chi connectivity index (χ1) is 17.0. The van der Waals surface area contributed by atoms with Crippen LogP contribution in [0.4, 0.5) is 5.69 Å². The number of anilines is 1. The van der Waals surface area contributed by atoms with Crippen LogP contribution in [0.2, 0.25) is 0 Å². The molecular formula is C27H23N3O4S. The third-order valence-electron chi connectivity index (χ3n) is 5.98. The smallest absolute Gasteiger partial charge is 0.262 e. The Balaban J connectivity index is 1.43. The fourth-order valence-electron chi connectivity index (χ4n) is 4.08. The highest BCUT2D eigenvalue weighted by Gasteiger charge is 2.18. The lowest BCUT2D eigenvalue weighted by molar-refractivity contribution is -0.116. The van der Waals surface area contributed by atoms with Crippen LogP contribution in [0.3, 0.4) is 0 Å². The molecule has 0 saturated carbocycles. The predicted octanol–water partition coefficient (Wildman–Crippen LogP) is 4.31. The molecule has 8 heteroatoms. The van der Waals surface area contributed by atoms with Crippen molar-refractivity contribution in [1.29, 1.82) is 0 Å². The van der Waals surface area contributed by atoms with Gasteiger partial charge in [0.05, 0.1) is 30.3 Å². The van der Waals surface area contributed by atoms with E-state index < -0.39 is 0 Å². The number of ketones is 1. The van der Waals surface area contributed by atoms with E-state index in [4.69, 9.17) is 9.72 Å². The molecule has 0 atom stereocenters. The molecule has 2 heterocycles. The number of methoxy groups -OCH3 is 1. The van der Waals surface area contributed by atoms with Crippen molar-refractivity contribution in [3.8, 4) is 5.75 Å². The highest BCUT2D eigenvalue weighted by atomic mass is 32.2. The molecule has 1 aromatic heterocycles. The maximum atomic E-state index is 13.3. The molecule has 0 radical (unpaired) electrons. The minimum atomic E-state index is -0.147. The summed E-state index contributed by atoms with van der Waals surface area (Å²) in [6, 6.07) is 20.1. The van der Waals surface area contributed by atoms with Crippen molar-refractivity contribution < 1.29 is 14.3 Å². The lowest BCUT2D eigenvalue weighted by Gasteiger charge is -2.17. The van der Waals surface area contributed by atoms with Crippen LogP contribution in [0.15, 0.2) is 76.7 Å². The quantitative estimate of drug-likeness (QED) is 0.238. The minimum absolute atomic E-state index is 0.00987. The topological polar surface area (TPSA) is 90.3 Å². The fourth-order valence-corrected chi connectivity index (χ4v) is 4.97. The molecule has 0 unspecified atom stereocenters. The van der Waals surface area contributed by atoms with Gasteiger partial charge in [-0.3, -0.25) is 19.0 Å². The standard InChI is InChI=1S/C27H23N3O4S/c1-34-20-10-6-17(7-11-20)15-30-26(33)21-4-2-3-5-23(21)29-27(30)35-16-24(31)19-8-12-22-18(14-19)9-13-25(32)28-22/h2-8,10-12,14H,9,13,15-16H2,1H3,(H,28,32). The van der Waals surface area contributed by atoms with Crippen LogP contribution in [0.5, 0.6) is 5.75 Å². The van der Waals surface area contributed by atoms with E-state index in [2.05, 4.69) is 5.32 Å². The molecule has 0 fully saturated rings. The van der Waals surface area contributed by atoms with Crippen LogP contribution < -0.4 is 15.6 Å². The lowest BCUT2D eigenvalue weighted by Crippen LogP contribution is -2.24. The Kier molecular flexibility index (Phi) is 6.37. The first kappa shape index (κ1) is 22.9. The summed E-state index contributed by atoms with van der Waals surface area (Å²) in [5.74, 6) is 0.804. The number of para-hydroxylation sites is 1. The maximum absolute atomic E-state index is 13.3. The van der Waals surface area contributed by atoms with Gasteiger partial charge < -0.3 is 10.1 Å². The summed E-state index contributed by atoms with van der Waals surface area (Å²) in [4.78, 5) is 42.7. The number of carbonyl (C=O) groups is 2. The Morgan fingerprint density at radius 3 is 2.66 bits per heavy atom. The number of nitrogens with zero attached hydrogens (tertiary/aromatic N) is 2. The van der Waals surface area contributed by atoms with Crippen molar-refractivity contribution in [2.75, 3.05) is 18.2 Å². The number of aromatic nitrogens is 2. The van der Waals surface area contributed by atoms with E-state index in [0.717, 1.165) is 22.6 Å². The largest absolute Gasteiger partial charge is 0.497 e. The van der Waals surface area contributed by atoms with Crippen LogP contribution in [-0.2, 0) is 17.8 Å². The average molecular weight is 486 g/mol. The van der Waals surface area contributed by atoms with E-state index in [1.807, 2.05) is 42.5 Å². The number of ether oxygens (including phenoxy) is 1. The number of Topliss-reactive ketones (excluding diaryl/α,β-unsaturated/α-hetero) is 1.